The molecule has 5 nitrogen and oxygen atoms in total. The van der Waals surface area contributed by atoms with Crippen molar-refractivity contribution in [3.05, 3.63) is 45.6 Å². The van der Waals surface area contributed by atoms with Crippen LogP contribution in [0.5, 0.6) is 0 Å². The standard InChI is InChI=1S/C19H23Cl2N5/c1-25-7-5-19(6-8-25)10-14-12-26(2)24-17(14)23-18(19)22-11-13-3-4-15(20)16(21)9-13/h3-4,9,12H,5-8,10-11H2,1-2H3,(H,22,23,24). The number of hydrogen-bond acceptors (Lipinski definition) is 3. The average Bonchev–Trinajstić information content (AvgIpc) is 2.97. The summed E-state index contributed by atoms with van der Waals surface area (Å²) in [6, 6.07) is 5.70. The van der Waals surface area contributed by atoms with Crippen molar-refractivity contribution in [3.63, 3.8) is 0 Å². The molecule has 0 radical (unpaired) electrons. The summed E-state index contributed by atoms with van der Waals surface area (Å²) in [5.74, 6) is 1.99. The van der Waals surface area contributed by atoms with Crippen LogP contribution in [0, 0.1) is 5.41 Å². The molecule has 0 unspecified atom stereocenters. The highest BCUT2D eigenvalue weighted by atomic mass is 35.5. The van der Waals surface area contributed by atoms with E-state index in [1.807, 2.05) is 29.9 Å². The summed E-state index contributed by atoms with van der Waals surface area (Å²) < 4.78 is 1.88. The molecule has 1 fully saturated rings. The number of aryl methyl sites for hydroxylation is 1. The first-order chi connectivity index (χ1) is 12.4. The van der Waals surface area contributed by atoms with Gasteiger partial charge in [0.05, 0.1) is 16.6 Å². The summed E-state index contributed by atoms with van der Waals surface area (Å²) in [5.41, 5.74) is 2.41. The third-order valence-corrected chi connectivity index (χ3v) is 6.26. The van der Waals surface area contributed by atoms with Gasteiger partial charge in [-0.25, -0.2) is 0 Å². The number of anilines is 1. The molecule has 3 heterocycles. The number of aliphatic imine (C=N–C) groups is 1. The molecule has 2 aromatic rings. The molecule has 0 amide bonds. The molecule has 2 aliphatic rings. The number of piperidine rings is 1. The van der Waals surface area contributed by atoms with Crippen molar-refractivity contribution >= 4 is 34.9 Å². The van der Waals surface area contributed by atoms with Gasteiger partial charge in [-0.2, -0.15) is 5.10 Å². The number of aromatic nitrogens is 2. The Balaban J connectivity index is 1.65. The lowest BCUT2D eigenvalue weighted by molar-refractivity contribution is 0.178. The second kappa shape index (κ2) is 6.87. The van der Waals surface area contributed by atoms with Crippen LogP contribution < -0.4 is 5.32 Å². The van der Waals surface area contributed by atoms with Gasteiger partial charge in [0.25, 0.3) is 0 Å². The Bertz CT molecular complexity index is 850. The lowest BCUT2D eigenvalue weighted by Crippen LogP contribution is -2.49. The van der Waals surface area contributed by atoms with Crippen molar-refractivity contribution in [3.8, 4) is 0 Å². The number of halogens is 2. The summed E-state index contributed by atoms with van der Waals surface area (Å²) in [4.78, 5) is 7.36. The van der Waals surface area contributed by atoms with Crippen molar-refractivity contribution in [2.75, 3.05) is 25.5 Å². The molecule has 1 saturated heterocycles. The van der Waals surface area contributed by atoms with Gasteiger partial charge in [0.2, 0.25) is 0 Å². The lowest BCUT2D eigenvalue weighted by Gasteiger charge is -2.43. The molecule has 0 aliphatic carbocycles. The molecule has 26 heavy (non-hydrogen) atoms. The van der Waals surface area contributed by atoms with E-state index < -0.39 is 0 Å². The minimum absolute atomic E-state index is 0.0682. The smallest absolute Gasteiger partial charge is 0.156 e. The number of nitrogens with one attached hydrogen (secondary N) is 1. The van der Waals surface area contributed by atoms with Crippen LogP contribution in [0.15, 0.2) is 29.4 Å². The fourth-order valence-electron chi connectivity index (χ4n) is 3.94. The first-order valence-electron chi connectivity index (χ1n) is 8.92. The average molecular weight is 392 g/mol. The van der Waals surface area contributed by atoms with Gasteiger partial charge in [0, 0.05) is 24.2 Å². The second-order valence-electron chi connectivity index (χ2n) is 7.48. The fourth-order valence-corrected chi connectivity index (χ4v) is 4.26. The number of benzene rings is 1. The first-order valence-corrected chi connectivity index (χ1v) is 9.68. The zero-order valence-corrected chi connectivity index (χ0v) is 16.6. The molecule has 138 valence electrons. The predicted molar refractivity (Wildman–Crippen MR) is 107 cm³/mol. The van der Waals surface area contributed by atoms with Gasteiger partial charge in [-0.1, -0.05) is 29.3 Å². The molecular weight excluding hydrogens is 369 g/mol. The van der Waals surface area contributed by atoms with Crippen LogP contribution in [0.1, 0.15) is 24.0 Å². The maximum absolute atomic E-state index is 6.15. The molecule has 0 bridgehead atoms. The van der Waals surface area contributed by atoms with E-state index in [0.717, 1.165) is 49.6 Å². The SMILES string of the molecule is CN1CCC2(CC1)Cc1cn(C)nc1NC2=NCc1ccc(Cl)c(Cl)c1. The van der Waals surface area contributed by atoms with Gasteiger partial charge in [-0.3, -0.25) is 9.67 Å². The van der Waals surface area contributed by atoms with Crippen LogP contribution in [-0.4, -0.2) is 40.7 Å². The van der Waals surface area contributed by atoms with Crippen molar-refractivity contribution in [2.45, 2.75) is 25.8 Å². The van der Waals surface area contributed by atoms with Crippen molar-refractivity contribution in [2.24, 2.45) is 17.5 Å². The van der Waals surface area contributed by atoms with Crippen molar-refractivity contribution < 1.29 is 0 Å². The zero-order chi connectivity index (χ0) is 18.3. The highest BCUT2D eigenvalue weighted by Crippen LogP contribution is 2.41. The predicted octanol–water partition coefficient (Wildman–Crippen LogP) is 4.01. The lowest BCUT2D eigenvalue weighted by atomic mass is 9.71. The second-order valence-corrected chi connectivity index (χ2v) is 8.29. The molecule has 2 aliphatic heterocycles. The summed E-state index contributed by atoms with van der Waals surface area (Å²) in [6.45, 7) is 2.76. The maximum Gasteiger partial charge on any atom is 0.156 e. The number of rotatable bonds is 2. The van der Waals surface area contributed by atoms with Gasteiger partial charge in [0.15, 0.2) is 5.82 Å². The largest absolute Gasteiger partial charge is 0.327 e. The van der Waals surface area contributed by atoms with E-state index in [0.29, 0.717) is 16.6 Å². The van der Waals surface area contributed by atoms with Crippen LogP contribution in [0.4, 0.5) is 5.82 Å². The Morgan fingerprint density at radius 2 is 1.96 bits per heavy atom. The van der Waals surface area contributed by atoms with Crippen molar-refractivity contribution in [1.82, 2.24) is 14.7 Å². The van der Waals surface area contributed by atoms with E-state index in [1.54, 1.807) is 0 Å². The van der Waals surface area contributed by atoms with Crippen molar-refractivity contribution in [1.29, 1.82) is 0 Å². The van der Waals surface area contributed by atoms with Gasteiger partial charge < -0.3 is 10.2 Å². The van der Waals surface area contributed by atoms with E-state index in [1.165, 1.54) is 5.56 Å². The highest BCUT2D eigenvalue weighted by Gasteiger charge is 2.43. The molecule has 1 aromatic heterocycles. The molecule has 1 N–H and O–H groups in total. The van der Waals surface area contributed by atoms with Crippen LogP contribution >= 0.6 is 23.2 Å². The monoisotopic (exact) mass is 391 g/mol. The Kier molecular flexibility index (Phi) is 4.71. The van der Waals surface area contributed by atoms with E-state index in [4.69, 9.17) is 28.2 Å². The molecule has 0 atom stereocenters. The summed E-state index contributed by atoms with van der Waals surface area (Å²) >= 11 is 12.2. The Morgan fingerprint density at radius 1 is 1.19 bits per heavy atom. The maximum atomic E-state index is 6.15. The zero-order valence-electron chi connectivity index (χ0n) is 15.1. The molecule has 7 heteroatoms. The number of nitrogens with zero attached hydrogens (tertiary/aromatic N) is 4. The highest BCUT2D eigenvalue weighted by molar-refractivity contribution is 6.42. The summed E-state index contributed by atoms with van der Waals surface area (Å²) in [5, 5.41) is 9.22. The quantitative estimate of drug-likeness (QED) is 0.840. The van der Waals surface area contributed by atoms with Gasteiger partial charge >= 0.3 is 0 Å². The summed E-state index contributed by atoms with van der Waals surface area (Å²) in [7, 11) is 4.15. The van der Waals surface area contributed by atoms with Crippen LogP contribution in [0.25, 0.3) is 0 Å². The Hall–Kier alpha value is -1.56. The molecule has 0 saturated carbocycles. The Morgan fingerprint density at radius 3 is 2.69 bits per heavy atom. The van der Waals surface area contributed by atoms with Crippen LogP contribution in [0.2, 0.25) is 10.0 Å². The fraction of sp³-hybridized carbons (Fsp3) is 0.474. The minimum Gasteiger partial charge on any atom is -0.327 e. The van der Waals surface area contributed by atoms with Crippen LogP contribution in [0.3, 0.4) is 0 Å². The normalized spacial score (nSPS) is 21.0. The molecular formula is C19H23Cl2N5. The van der Waals surface area contributed by atoms with E-state index >= 15 is 0 Å². The third-order valence-electron chi connectivity index (χ3n) is 5.52. The number of likely N-dealkylation sites (tertiary alicyclic amines) is 1. The number of amidine groups is 1. The Labute approximate surface area is 164 Å². The van der Waals surface area contributed by atoms with Gasteiger partial charge in [-0.15, -0.1) is 0 Å². The molecule has 4 rings (SSSR count). The third kappa shape index (κ3) is 3.36. The van der Waals surface area contributed by atoms with E-state index in [-0.39, 0.29) is 5.41 Å². The van der Waals surface area contributed by atoms with Gasteiger partial charge in [0.1, 0.15) is 5.84 Å². The number of fused-ring (bicyclic) bond motifs is 1. The minimum atomic E-state index is 0.0682. The van der Waals surface area contributed by atoms with Gasteiger partial charge in [-0.05, 0) is 57.1 Å². The summed E-state index contributed by atoms with van der Waals surface area (Å²) in [6.07, 6.45) is 5.32. The van der Waals surface area contributed by atoms with E-state index in [2.05, 4.69) is 28.6 Å². The molecule has 1 spiro atoms. The van der Waals surface area contributed by atoms with E-state index in [9.17, 15) is 0 Å². The number of hydrogen-bond donors (Lipinski definition) is 1. The molecule has 1 aromatic carbocycles. The topological polar surface area (TPSA) is 45.5 Å². The first kappa shape index (κ1) is 17.8. The van der Waals surface area contributed by atoms with Crippen LogP contribution in [-0.2, 0) is 20.0 Å².